The van der Waals surface area contributed by atoms with E-state index in [-0.39, 0.29) is 5.91 Å². The monoisotopic (exact) mass is 350 g/mol. The largest absolute Gasteiger partial charge is 0.283 e. The molecule has 2 aromatic rings. The maximum absolute atomic E-state index is 12.9. The summed E-state index contributed by atoms with van der Waals surface area (Å²) in [6, 6.07) is 16.2. The number of aliphatic imine (C=N–C) groups is 1. The maximum atomic E-state index is 12.9. The van der Waals surface area contributed by atoms with Crippen molar-refractivity contribution in [3.8, 4) is 0 Å². The van der Waals surface area contributed by atoms with E-state index in [0.29, 0.717) is 16.8 Å². The zero-order valence-electron chi connectivity index (χ0n) is 15.0. The van der Waals surface area contributed by atoms with Crippen LogP contribution in [0.5, 0.6) is 0 Å². The van der Waals surface area contributed by atoms with Gasteiger partial charge in [0.25, 0.3) is 5.91 Å². The summed E-state index contributed by atoms with van der Waals surface area (Å²) in [5, 5.41) is 0.707. The minimum Gasteiger partial charge on any atom is -0.266 e. The van der Waals surface area contributed by atoms with Gasteiger partial charge in [-0.05, 0) is 48.4 Å². The molecule has 1 aliphatic rings. The Morgan fingerprint density at radius 3 is 2.24 bits per heavy atom. The van der Waals surface area contributed by atoms with Crippen molar-refractivity contribution in [3.63, 3.8) is 0 Å². The van der Waals surface area contributed by atoms with Gasteiger partial charge < -0.3 is 0 Å². The van der Waals surface area contributed by atoms with Crippen molar-refractivity contribution in [2.45, 2.75) is 26.7 Å². The van der Waals surface area contributed by atoms with Crippen molar-refractivity contribution in [3.05, 3.63) is 70.9 Å². The highest BCUT2D eigenvalue weighted by atomic mass is 32.2. The molecule has 1 aliphatic heterocycles. The van der Waals surface area contributed by atoms with Crippen molar-refractivity contribution >= 4 is 34.6 Å². The molecular weight excluding hydrogens is 328 g/mol. The molecule has 0 fully saturated rings. The lowest BCUT2D eigenvalue weighted by Gasteiger charge is -2.16. The lowest BCUT2D eigenvalue weighted by atomic mass is 10.0. The number of hydrogen-bond donors (Lipinski definition) is 0. The summed E-state index contributed by atoms with van der Waals surface area (Å²) in [7, 11) is 0. The summed E-state index contributed by atoms with van der Waals surface area (Å²) in [6.45, 7) is 6.37. The normalized spacial score (nSPS) is 16.0. The average molecular weight is 350 g/mol. The first-order valence-electron chi connectivity index (χ1n) is 8.35. The van der Waals surface area contributed by atoms with Crippen LogP contribution in [0.1, 0.15) is 36.5 Å². The Bertz CT molecular complexity index is 833. The number of amidine groups is 1. The van der Waals surface area contributed by atoms with Crippen LogP contribution in [0.4, 0.5) is 5.69 Å². The van der Waals surface area contributed by atoms with Crippen LogP contribution in [0.3, 0.4) is 0 Å². The molecule has 25 heavy (non-hydrogen) atoms. The van der Waals surface area contributed by atoms with Gasteiger partial charge in [-0.15, -0.1) is 0 Å². The van der Waals surface area contributed by atoms with E-state index in [1.807, 2.05) is 55.7 Å². The van der Waals surface area contributed by atoms with Crippen LogP contribution in [-0.4, -0.2) is 17.3 Å². The summed E-state index contributed by atoms with van der Waals surface area (Å²) in [4.78, 5) is 19.1. The van der Waals surface area contributed by atoms with Crippen LogP contribution < -0.4 is 4.90 Å². The summed E-state index contributed by atoms with van der Waals surface area (Å²) in [5.41, 5.74) is 4.76. The van der Waals surface area contributed by atoms with Crippen LogP contribution in [0.15, 0.2) is 59.2 Å². The SMILES string of the molecule is CSC1=NC(=Cc2ccc(C(C)C)cc2)C(=O)N1c1ccc(C)cc1. The van der Waals surface area contributed by atoms with E-state index in [0.717, 1.165) is 11.3 Å². The lowest BCUT2D eigenvalue weighted by molar-refractivity contribution is -0.113. The van der Waals surface area contributed by atoms with Crippen molar-refractivity contribution in [2.75, 3.05) is 11.2 Å². The Balaban J connectivity index is 1.91. The van der Waals surface area contributed by atoms with Crippen LogP contribution in [0.25, 0.3) is 6.08 Å². The van der Waals surface area contributed by atoms with Gasteiger partial charge in [-0.25, -0.2) is 4.99 Å². The predicted molar refractivity (Wildman–Crippen MR) is 108 cm³/mol. The molecular formula is C21H22N2OS. The number of carbonyl (C=O) groups excluding carboxylic acids is 1. The van der Waals surface area contributed by atoms with Gasteiger partial charge in [-0.2, -0.15) is 0 Å². The lowest BCUT2D eigenvalue weighted by Crippen LogP contribution is -2.29. The zero-order chi connectivity index (χ0) is 18.0. The highest BCUT2D eigenvalue weighted by Crippen LogP contribution is 2.29. The first-order chi connectivity index (χ1) is 12.0. The second kappa shape index (κ2) is 7.28. The minimum absolute atomic E-state index is 0.0823. The summed E-state index contributed by atoms with van der Waals surface area (Å²) in [6.07, 6.45) is 3.80. The van der Waals surface area contributed by atoms with E-state index in [4.69, 9.17) is 0 Å². The summed E-state index contributed by atoms with van der Waals surface area (Å²) < 4.78 is 0. The van der Waals surface area contributed by atoms with E-state index < -0.39 is 0 Å². The molecule has 0 N–H and O–H groups in total. The van der Waals surface area contributed by atoms with E-state index >= 15 is 0 Å². The van der Waals surface area contributed by atoms with Gasteiger partial charge >= 0.3 is 0 Å². The number of rotatable bonds is 3. The van der Waals surface area contributed by atoms with Crippen molar-refractivity contribution < 1.29 is 4.79 Å². The zero-order valence-corrected chi connectivity index (χ0v) is 15.8. The fourth-order valence-corrected chi connectivity index (χ4v) is 3.25. The number of amides is 1. The molecule has 0 radical (unpaired) electrons. The first kappa shape index (κ1) is 17.5. The quantitative estimate of drug-likeness (QED) is 0.711. The third-order valence-electron chi connectivity index (χ3n) is 4.21. The average Bonchev–Trinajstić information content (AvgIpc) is 2.92. The third-order valence-corrected chi connectivity index (χ3v) is 4.85. The molecule has 1 amide bonds. The number of nitrogens with zero attached hydrogens (tertiary/aromatic N) is 2. The second-order valence-electron chi connectivity index (χ2n) is 6.43. The Hall–Kier alpha value is -2.33. The van der Waals surface area contributed by atoms with Crippen molar-refractivity contribution in [2.24, 2.45) is 4.99 Å². The number of carbonyl (C=O) groups is 1. The molecule has 0 aliphatic carbocycles. The molecule has 4 heteroatoms. The minimum atomic E-state index is -0.0823. The standard InChI is InChI=1S/C21H22N2OS/c1-14(2)17-9-7-16(8-10-17)13-19-20(24)23(21(22-19)25-4)18-11-5-15(3)6-12-18/h5-14H,1-4H3. The van der Waals surface area contributed by atoms with Gasteiger partial charge in [0.05, 0.1) is 5.69 Å². The van der Waals surface area contributed by atoms with E-state index in [1.165, 1.54) is 22.9 Å². The Morgan fingerprint density at radius 1 is 1.04 bits per heavy atom. The molecule has 0 saturated heterocycles. The van der Waals surface area contributed by atoms with Gasteiger partial charge in [0.15, 0.2) is 5.17 Å². The fraction of sp³-hybridized carbons (Fsp3) is 0.238. The number of anilines is 1. The molecule has 1 heterocycles. The van der Waals surface area contributed by atoms with Gasteiger partial charge in [0, 0.05) is 0 Å². The molecule has 128 valence electrons. The summed E-state index contributed by atoms with van der Waals surface area (Å²) >= 11 is 1.48. The van der Waals surface area contributed by atoms with Gasteiger partial charge in [0.2, 0.25) is 0 Å². The number of hydrogen-bond acceptors (Lipinski definition) is 3. The van der Waals surface area contributed by atoms with Crippen molar-refractivity contribution in [1.29, 1.82) is 0 Å². The van der Waals surface area contributed by atoms with Crippen LogP contribution in [-0.2, 0) is 4.79 Å². The van der Waals surface area contributed by atoms with Crippen LogP contribution >= 0.6 is 11.8 Å². The van der Waals surface area contributed by atoms with Gasteiger partial charge in [0.1, 0.15) is 5.70 Å². The molecule has 0 bridgehead atoms. The third kappa shape index (κ3) is 3.69. The molecule has 0 saturated carbocycles. The topological polar surface area (TPSA) is 32.7 Å². The maximum Gasteiger partial charge on any atom is 0.283 e. The van der Waals surface area contributed by atoms with Crippen LogP contribution in [0, 0.1) is 6.92 Å². The molecule has 3 rings (SSSR count). The van der Waals surface area contributed by atoms with E-state index in [2.05, 4.69) is 31.0 Å². The van der Waals surface area contributed by atoms with Gasteiger partial charge in [-0.3, -0.25) is 9.69 Å². The molecule has 0 atom stereocenters. The second-order valence-corrected chi connectivity index (χ2v) is 7.20. The van der Waals surface area contributed by atoms with Crippen molar-refractivity contribution in [1.82, 2.24) is 0 Å². The Kier molecular flexibility index (Phi) is 5.09. The number of aryl methyl sites for hydroxylation is 1. The molecule has 0 aromatic heterocycles. The fourth-order valence-electron chi connectivity index (χ4n) is 2.69. The summed E-state index contributed by atoms with van der Waals surface area (Å²) in [5.74, 6) is 0.411. The Labute approximate surface area is 153 Å². The Morgan fingerprint density at radius 2 is 1.68 bits per heavy atom. The number of benzene rings is 2. The first-order valence-corrected chi connectivity index (χ1v) is 9.57. The van der Waals surface area contributed by atoms with E-state index in [9.17, 15) is 4.79 Å². The predicted octanol–water partition coefficient (Wildman–Crippen LogP) is 5.23. The smallest absolute Gasteiger partial charge is 0.266 e. The molecule has 2 aromatic carbocycles. The number of thioether (sulfide) groups is 1. The van der Waals surface area contributed by atoms with Gasteiger partial charge in [-0.1, -0.05) is 67.6 Å². The van der Waals surface area contributed by atoms with Crippen LogP contribution in [0.2, 0.25) is 0 Å². The molecule has 0 spiro atoms. The van der Waals surface area contributed by atoms with E-state index in [1.54, 1.807) is 4.90 Å². The molecule has 3 nitrogen and oxygen atoms in total. The molecule has 0 unspecified atom stereocenters. The highest BCUT2D eigenvalue weighted by molar-refractivity contribution is 8.13. The highest BCUT2D eigenvalue weighted by Gasteiger charge is 2.31.